The normalized spacial score (nSPS) is 9.71. The molecule has 3 nitrogen and oxygen atoms in total. The Morgan fingerprint density at radius 1 is 1.29 bits per heavy atom. The largest absolute Gasteiger partial charge is 0.497 e. The molecule has 0 atom stereocenters. The Balaban J connectivity index is 2.50. The first-order valence-electron chi connectivity index (χ1n) is 5.67. The van der Waals surface area contributed by atoms with Crippen LogP contribution in [0.5, 0.6) is 11.5 Å². The molecule has 0 fully saturated rings. The maximum atomic E-state index is 5.31. The van der Waals surface area contributed by atoms with Gasteiger partial charge in [0.05, 0.1) is 14.2 Å². The summed E-state index contributed by atoms with van der Waals surface area (Å²) in [6.07, 6.45) is 7.00. The third-order valence-corrected chi connectivity index (χ3v) is 2.48. The molecule has 0 bridgehead atoms. The Labute approximate surface area is 103 Å². The minimum atomic E-state index is 0.776. The van der Waals surface area contributed by atoms with Crippen LogP contribution in [-0.2, 0) is 6.54 Å². The van der Waals surface area contributed by atoms with Crippen LogP contribution in [-0.4, -0.2) is 20.8 Å². The van der Waals surface area contributed by atoms with Crippen molar-refractivity contribution in [2.45, 2.75) is 19.4 Å². The van der Waals surface area contributed by atoms with E-state index in [9.17, 15) is 0 Å². The van der Waals surface area contributed by atoms with Crippen molar-refractivity contribution in [3.8, 4) is 23.8 Å². The van der Waals surface area contributed by atoms with Crippen LogP contribution in [0.3, 0.4) is 0 Å². The summed E-state index contributed by atoms with van der Waals surface area (Å²) < 4.78 is 10.5. The second kappa shape index (κ2) is 7.59. The van der Waals surface area contributed by atoms with Crippen LogP contribution in [0.25, 0.3) is 0 Å². The second-order valence-electron chi connectivity index (χ2n) is 3.66. The lowest BCUT2D eigenvalue weighted by atomic mass is 10.2. The van der Waals surface area contributed by atoms with E-state index in [2.05, 4.69) is 11.2 Å². The third-order valence-electron chi connectivity index (χ3n) is 2.48. The van der Waals surface area contributed by atoms with Gasteiger partial charge in [-0.3, -0.25) is 0 Å². The first-order chi connectivity index (χ1) is 8.31. The van der Waals surface area contributed by atoms with Crippen LogP contribution in [0.4, 0.5) is 0 Å². The number of hydrogen-bond acceptors (Lipinski definition) is 3. The van der Waals surface area contributed by atoms with E-state index in [0.29, 0.717) is 0 Å². The van der Waals surface area contributed by atoms with Gasteiger partial charge in [0.2, 0.25) is 0 Å². The molecule has 1 aromatic carbocycles. The van der Waals surface area contributed by atoms with Crippen LogP contribution in [0.15, 0.2) is 18.2 Å². The summed E-state index contributed by atoms with van der Waals surface area (Å²) >= 11 is 0. The van der Waals surface area contributed by atoms with Gasteiger partial charge in [-0.25, -0.2) is 0 Å². The first-order valence-corrected chi connectivity index (χ1v) is 5.67. The molecule has 0 radical (unpaired) electrons. The van der Waals surface area contributed by atoms with Crippen molar-refractivity contribution in [3.63, 3.8) is 0 Å². The van der Waals surface area contributed by atoms with Gasteiger partial charge in [0.1, 0.15) is 11.5 Å². The molecule has 1 rings (SSSR count). The van der Waals surface area contributed by atoms with Crippen molar-refractivity contribution in [3.05, 3.63) is 23.8 Å². The molecule has 0 aliphatic heterocycles. The van der Waals surface area contributed by atoms with Gasteiger partial charge in [0, 0.05) is 24.6 Å². The summed E-state index contributed by atoms with van der Waals surface area (Å²) in [4.78, 5) is 0. The second-order valence-corrected chi connectivity index (χ2v) is 3.66. The van der Waals surface area contributed by atoms with E-state index in [4.69, 9.17) is 15.9 Å². The van der Waals surface area contributed by atoms with Gasteiger partial charge >= 0.3 is 0 Å². The SMILES string of the molecule is C#CCCCNCc1ccc(OC)cc1OC. The zero-order chi connectivity index (χ0) is 12.5. The van der Waals surface area contributed by atoms with Crippen molar-refractivity contribution in [2.75, 3.05) is 20.8 Å². The quantitative estimate of drug-likeness (QED) is 0.578. The van der Waals surface area contributed by atoms with E-state index < -0.39 is 0 Å². The van der Waals surface area contributed by atoms with Crippen LogP contribution in [0, 0.1) is 12.3 Å². The highest BCUT2D eigenvalue weighted by Crippen LogP contribution is 2.24. The summed E-state index contributed by atoms with van der Waals surface area (Å²) in [5, 5.41) is 3.33. The Kier molecular flexibility index (Phi) is 5.98. The van der Waals surface area contributed by atoms with E-state index in [1.54, 1.807) is 14.2 Å². The first kappa shape index (κ1) is 13.4. The molecule has 3 heteroatoms. The molecule has 0 unspecified atom stereocenters. The molecule has 0 aliphatic rings. The molecule has 0 amide bonds. The van der Waals surface area contributed by atoms with Crippen molar-refractivity contribution in [1.29, 1.82) is 0 Å². The number of unbranched alkanes of at least 4 members (excludes halogenated alkanes) is 1. The number of ether oxygens (including phenoxy) is 2. The highest BCUT2D eigenvalue weighted by molar-refractivity contribution is 5.40. The molecular formula is C14H19NO2. The molecule has 1 N–H and O–H groups in total. The van der Waals surface area contributed by atoms with Gasteiger partial charge in [-0.05, 0) is 19.0 Å². The highest BCUT2D eigenvalue weighted by Gasteiger charge is 2.04. The summed E-state index contributed by atoms with van der Waals surface area (Å²) in [5.74, 6) is 4.27. The summed E-state index contributed by atoms with van der Waals surface area (Å²) in [7, 11) is 3.31. The lowest BCUT2D eigenvalue weighted by molar-refractivity contribution is 0.390. The maximum absolute atomic E-state index is 5.31. The molecule has 17 heavy (non-hydrogen) atoms. The lowest BCUT2D eigenvalue weighted by Crippen LogP contribution is -2.15. The maximum Gasteiger partial charge on any atom is 0.127 e. The Bertz CT molecular complexity index is 382. The van der Waals surface area contributed by atoms with Gasteiger partial charge < -0.3 is 14.8 Å². The average Bonchev–Trinajstić information content (AvgIpc) is 2.38. The third kappa shape index (κ3) is 4.38. The van der Waals surface area contributed by atoms with E-state index in [1.165, 1.54) is 0 Å². The number of nitrogens with one attached hydrogen (secondary N) is 1. The number of rotatable bonds is 7. The predicted octanol–water partition coefficient (Wildman–Crippen LogP) is 2.21. The van der Waals surface area contributed by atoms with E-state index >= 15 is 0 Å². The van der Waals surface area contributed by atoms with Crippen LogP contribution < -0.4 is 14.8 Å². The van der Waals surface area contributed by atoms with Crippen molar-refractivity contribution in [1.82, 2.24) is 5.32 Å². The number of benzene rings is 1. The molecule has 0 heterocycles. The standard InChI is InChI=1S/C14H19NO2/c1-4-5-6-9-15-11-12-7-8-13(16-2)10-14(12)17-3/h1,7-8,10,15H,5-6,9,11H2,2-3H3. The van der Waals surface area contributed by atoms with Gasteiger partial charge in [0.15, 0.2) is 0 Å². The Morgan fingerprint density at radius 3 is 2.76 bits per heavy atom. The van der Waals surface area contributed by atoms with E-state index in [0.717, 1.165) is 43.0 Å². The summed E-state index contributed by atoms with van der Waals surface area (Å²) in [6.45, 7) is 1.69. The number of methoxy groups -OCH3 is 2. The number of terminal acetylenes is 1. The fourth-order valence-corrected chi connectivity index (χ4v) is 1.54. The van der Waals surface area contributed by atoms with Crippen molar-refractivity contribution in [2.24, 2.45) is 0 Å². The molecule has 0 saturated heterocycles. The zero-order valence-electron chi connectivity index (χ0n) is 10.5. The van der Waals surface area contributed by atoms with Crippen molar-refractivity contribution < 1.29 is 9.47 Å². The Morgan fingerprint density at radius 2 is 2.12 bits per heavy atom. The van der Waals surface area contributed by atoms with Gasteiger partial charge in [-0.2, -0.15) is 0 Å². The summed E-state index contributed by atoms with van der Waals surface area (Å²) in [6, 6.07) is 5.82. The average molecular weight is 233 g/mol. The molecule has 0 saturated carbocycles. The van der Waals surface area contributed by atoms with Crippen LogP contribution in [0.2, 0.25) is 0 Å². The van der Waals surface area contributed by atoms with Gasteiger partial charge in [0.25, 0.3) is 0 Å². The zero-order valence-corrected chi connectivity index (χ0v) is 10.5. The predicted molar refractivity (Wildman–Crippen MR) is 69.3 cm³/mol. The molecule has 1 aromatic rings. The van der Waals surface area contributed by atoms with Gasteiger partial charge in [-0.1, -0.05) is 6.07 Å². The Hall–Kier alpha value is -1.66. The summed E-state index contributed by atoms with van der Waals surface area (Å²) in [5.41, 5.74) is 1.12. The fourth-order valence-electron chi connectivity index (χ4n) is 1.54. The number of hydrogen-bond donors (Lipinski definition) is 1. The molecule has 0 aromatic heterocycles. The van der Waals surface area contributed by atoms with Gasteiger partial charge in [-0.15, -0.1) is 12.3 Å². The molecule has 92 valence electrons. The highest BCUT2D eigenvalue weighted by atomic mass is 16.5. The van der Waals surface area contributed by atoms with Crippen LogP contribution >= 0.6 is 0 Å². The minimum Gasteiger partial charge on any atom is -0.497 e. The monoisotopic (exact) mass is 233 g/mol. The topological polar surface area (TPSA) is 30.5 Å². The van der Waals surface area contributed by atoms with E-state index in [1.807, 2.05) is 18.2 Å². The van der Waals surface area contributed by atoms with Crippen LogP contribution in [0.1, 0.15) is 18.4 Å². The molecule has 0 spiro atoms. The smallest absolute Gasteiger partial charge is 0.127 e. The molecule has 0 aliphatic carbocycles. The lowest BCUT2D eigenvalue weighted by Gasteiger charge is -2.11. The molecular weight excluding hydrogens is 214 g/mol. The minimum absolute atomic E-state index is 0.776. The van der Waals surface area contributed by atoms with E-state index in [-0.39, 0.29) is 0 Å². The van der Waals surface area contributed by atoms with Crippen molar-refractivity contribution >= 4 is 0 Å². The fraction of sp³-hybridized carbons (Fsp3) is 0.429.